The van der Waals surface area contributed by atoms with Crippen LogP contribution < -0.4 is 17.0 Å². The Morgan fingerprint density at radius 1 is 1.75 bits per heavy atom. The van der Waals surface area contributed by atoms with Gasteiger partial charge in [-0.2, -0.15) is 0 Å². The van der Waals surface area contributed by atoms with Crippen molar-refractivity contribution in [2.45, 2.75) is 11.9 Å². The Morgan fingerprint density at radius 3 is 1.75 bits per heavy atom. The van der Waals surface area contributed by atoms with Crippen LogP contribution in [0.25, 0.3) is 0 Å². The van der Waals surface area contributed by atoms with Crippen molar-refractivity contribution in [3.8, 4) is 0 Å². The average molecular weight is 174 g/mol. The van der Waals surface area contributed by atoms with Crippen LogP contribution in [0.15, 0.2) is 0 Å². The molecule has 0 radical (unpaired) electrons. The molecule has 0 saturated carbocycles. The van der Waals surface area contributed by atoms with Gasteiger partial charge in [-0.25, -0.2) is 0 Å². The zero-order valence-electron chi connectivity index (χ0n) is 2.79. The quantitative estimate of drug-likeness (QED) is 0.372. The van der Waals surface area contributed by atoms with E-state index in [1.807, 2.05) is 0 Å². The predicted octanol–water partition coefficient (Wildman–Crippen LogP) is -2.02. The van der Waals surface area contributed by atoms with Crippen LogP contribution in [0.5, 0.6) is 0 Å². The third-order valence-corrected chi connectivity index (χ3v) is 0. The maximum absolute atomic E-state index is 2.18. The van der Waals surface area contributed by atoms with E-state index in [9.17, 15) is 0 Å². The third-order valence-electron chi connectivity index (χ3n) is 0. The SMILES string of the molecule is C[CH2][Zn+].[Br-]. The second-order valence-corrected chi connectivity index (χ2v) is 2.60. The molecule has 4 heavy (non-hydrogen) atoms. The molecular formula is C2H5BrZn. The molecule has 0 heterocycles. The first-order chi connectivity index (χ1) is 1.41. The first-order valence-corrected chi connectivity index (χ1v) is 3.31. The Bertz CT molecular complexity index is 6.00. The van der Waals surface area contributed by atoms with Crippen LogP contribution in [-0.2, 0) is 18.3 Å². The van der Waals surface area contributed by atoms with E-state index in [0.717, 1.165) is 0 Å². The third kappa shape index (κ3) is 11.3. The summed E-state index contributed by atoms with van der Waals surface area (Å²) in [5.74, 6) is 0. The number of rotatable bonds is 0. The predicted molar refractivity (Wildman–Crippen MR) is 10.5 cm³/mol. The minimum absolute atomic E-state index is 0. The van der Waals surface area contributed by atoms with Gasteiger partial charge in [0.2, 0.25) is 0 Å². The molecule has 0 aliphatic carbocycles. The van der Waals surface area contributed by atoms with Gasteiger partial charge in [-0.3, -0.25) is 0 Å². The molecule has 0 unspecified atom stereocenters. The molecule has 0 saturated heterocycles. The summed E-state index contributed by atoms with van der Waals surface area (Å²) in [6.45, 7) is 2.18. The van der Waals surface area contributed by atoms with Crippen LogP contribution in [-0.4, -0.2) is 0 Å². The molecule has 0 bridgehead atoms. The number of halogens is 1. The van der Waals surface area contributed by atoms with E-state index >= 15 is 0 Å². The molecule has 2 heteroatoms. The van der Waals surface area contributed by atoms with Crippen LogP contribution in [0, 0.1) is 0 Å². The van der Waals surface area contributed by atoms with Gasteiger partial charge in [-0.15, -0.1) is 0 Å². The molecule has 0 aromatic heterocycles. The molecule has 0 aliphatic heterocycles. The fourth-order valence-corrected chi connectivity index (χ4v) is 0. The Balaban J connectivity index is 0. The van der Waals surface area contributed by atoms with Crippen molar-refractivity contribution < 1.29 is 35.3 Å². The standard InChI is InChI=1S/C2H5.BrH.Zn/c1-2;;/h1H2,2H3;1H;/q;;+1/p-1. The fraction of sp³-hybridized carbons (Fsp3) is 1.00. The van der Waals surface area contributed by atoms with Gasteiger partial charge in [0.25, 0.3) is 0 Å². The summed E-state index contributed by atoms with van der Waals surface area (Å²) in [4.78, 5) is 0. The van der Waals surface area contributed by atoms with Gasteiger partial charge in [0.05, 0.1) is 0 Å². The van der Waals surface area contributed by atoms with Crippen molar-refractivity contribution in [1.29, 1.82) is 0 Å². The minimum atomic E-state index is 0. The molecule has 0 aliphatic rings. The van der Waals surface area contributed by atoms with E-state index in [1.54, 1.807) is 0 Å². The number of hydrogen-bond acceptors (Lipinski definition) is 0. The van der Waals surface area contributed by atoms with E-state index < -0.39 is 0 Å². The summed E-state index contributed by atoms with van der Waals surface area (Å²) >= 11 is 1.44. The van der Waals surface area contributed by atoms with Gasteiger partial charge in [0.15, 0.2) is 0 Å². The van der Waals surface area contributed by atoms with E-state index in [1.165, 1.54) is 23.3 Å². The molecular weight excluding hydrogens is 169 g/mol. The van der Waals surface area contributed by atoms with E-state index in [-0.39, 0.29) is 17.0 Å². The minimum Gasteiger partial charge on any atom is -1.00 e. The second kappa shape index (κ2) is 8.93. The molecule has 0 atom stereocenters. The first kappa shape index (κ1) is 8.92. The largest absolute Gasteiger partial charge is 1.00 e. The van der Waals surface area contributed by atoms with Crippen molar-refractivity contribution in [3.63, 3.8) is 0 Å². The topological polar surface area (TPSA) is 0 Å². The van der Waals surface area contributed by atoms with Crippen LogP contribution in [0.1, 0.15) is 6.92 Å². The normalized spacial score (nSPS) is 4.75. The van der Waals surface area contributed by atoms with Crippen LogP contribution in [0.4, 0.5) is 0 Å². The van der Waals surface area contributed by atoms with Crippen molar-refractivity contribution >= 4 is 0 Å². The zero-order valence-corrected chi connectivity index (χ0v) is 7.35. The summed E-state index contributed by atoms with van der Waals surface area (Å²) in [5.41, 5.74) is 0. The summed E-state index contributed by atoms with van der Waals surface area (Å²) in [6, 6.07) is 0. The van der Waals surface area contributed by atoms with Gasteiger partial charge < -0.3 is 17.0 Å². The van der Waals surface area contributed by atoms with Crippen molar-refractivity contribution in [2.75, 3.05) is 0 Å². The molecule has 0 N–H and O–H groups in total. The maximum Gasteiger partial charge on any atom is -1.00 e. The van der Waals surface area contributed by atoms with Crippen LogP contribution in [0.3, 0.4) is 0 Å². The summed E-state index contributed by atoms with van der Waals surface area (Å²) < 4.78 is 0. The van der Waals surface area contributed by atoms with Crippen molar-refractivity contribution in [2.24, 2.45) is 0 Å². The molecule has 0 spiro atoms. The summed E-state index contributed by atoms with van der Waals surface area (Å²) in [6.07, 6.45) is 0. The smallest absolute Gasteiger partial charge is 1.00 e. The Labute approximate surface area is 47.4 Å². The van der Waals surface area contributed by atoms with Gasteiger partial charge in [0.1, 0.15) is 0 Å². The molecule has 0 aromatic carbocycles. The Morgan fingerprint density at radius 2 is 1.75 bits per heavy atom. The molecule has 0 fully saturated rings. The van der Waals surface area contributed by atoms with Crippen LogP contribution >= 0.6 is 0 Å². The molecule has 0 rings (SSSR count). The first-order valence-electron chi connectivity index (χ1n) is 1.21. The van der Waals surface area contributed by atoms with Crippen molar-refractivity contribution in [1.82, 2.24) is 0 Å². The Kier molecular flexibility index (Phi) is 19.9. The van der Waals surface area contributed by atoms with E-state index in [2.05, 4.69) is 6.92 Å². The van der Waals surface area contributed by atoms with Gasteiger partial charge >= 0.3 is 30.2 Å². The summed E-state index contributed by atoms with van der Waals surface area (Å²) in [7, 11) is 0. The summed E-state index contributed by atoms with van der Waals surface area (Å²) in [5, 5.41) is 1.38. The molecule has 22 valence electrons. The van der Waals surface area contributed by atoms with Gasteiger partial charge in [-0.1, -0.05) is 0 Å². The molecule has 0 nitrogen and oxygen atoms in total. The molecule has 0 aromatic rings. The zero-order chi connectivity index (χ0) is 2.71. The maximum atomic E-state index is 2.18. The van der Waals surface area contributed by atoms with Crippen LogP contribution in [0.2, 0.25) is 5.02 Å². The van der Waals surface area contributed by atoms with E-state index in [4.69, 9.17) is 0 Å². The second-order valence-electron chi connectivity index (χ2n) is 0.500. The monoisotopic (exact) mass is 172 g/mol. The average Bonchev–Trinajstić information content (AvgIpc) is 0.918. The van der Waals surface area contributed by atoms with Crippen molar-refractivity contribution in [3.05, 3.63) is 0 Å². The van der Waals surface area contributed by atoms with Gasteiger partial charge in [-0.05, 0) is 0 Å². The van der Waals surface area contributed by atoms with Gasteiger partial charge in [0, 0.05) is 0 Å². The van der Waals surface area contributed by atoms with E-state index in [0.29, 0.717) is 0 Å². The fourth-order valence-electron chi connectivity index (χ4n) is 0. The Hall–Kier alpha value is 1.10. The number of hydrogen-bond donors (Lipinski definition) is 0. The molecule has 0 amide bonds.